The predicted octanol–water partition coefficient (Wildman–Crippen LogP) is 4.62. The van der Waals surface area contributed by atoms with Crippen LogP contribution < -0.4 is 10.6 Å². The highest BCUT2D eigenvalue weighted by atomic mass is 35.5. The van der Waals surface area contributed by atoms with E-state index in [1.54, 1.807) is 30.1 Å². The van der Waals surface area contributed by atoms with Gasteiger partial charge in [0.2, 0.25) is 11.8 Å². The summed E-state index contributed by atoms with van der Waals surface area (Å²) in [6, 6.07) is 11.4. The second kappa shape index (κ2) is 10.3. The molecular weight excluding hydrogens is 421 g/mol. The molecule has 3 rings (SSSR count). The smallest absolute Gasteiger partial charge is 0.238 e. The number of anilines is 1. The quantitative estimate of drug-likeness (QED) is 0.650. The first kappa shape index (κ1) is 22.6. The van der Waals surface area contributed by atoms with Crippen LogP contribution in [-0.4, -0.2) is 36.9 Å². The molecule has 0 fully saturated rings. The van der Waals surface area contributed by atoms with Crippen molar-refractivity contribution in [3.63, 3.8) is 0 Å². The molecule has 160 valence electrons. The number of likely N-dealkylation sites (N-methyl/N-ethyl adjacent to an activating group) is 1. The maximum absolute atomic E-state index is 12.4. The van der Waals surface area contributed by atoms with Crippen LogP contribution in [0.15, 0.2) is 36.4 Å². The molecule has 1 unspecified atom stereocenters. The third-order valence-electron chi connectivity index (χ3n) is 5.30. The Balaban J connectivity index is 1.50. The van der Waals surface area contributed by atoms with Crippen molar-refractivity contribution in [3.8, 4) is 0 Å². The molecule has 0 heterocycles. The highest BCUT2D eigenvalue weighted by Crippen LogP contribution is 2.29. The minimum atomic E-state index is -0.289. The number of benzene rings is 2. The SMILES string of the molecule is CC(NC(=O)CN(C)CC(=O)Nc1c(Cl)cccc1Cl)c1ccc2c(c1)CCCC2. The van der Waals surface area contributed by atoms with Crippen LogP contribution in [0.1, 0.15) is 42.5 Å². The van der Waals surface area contributed by atoms with Crippen molar-refractivity contribution in [2.75, 3.05) is 25.5 Å². The van der Waals surface area contributed by atoms with Gasteiger partial charge >= 0.3 is 0 Å². The van der Waals surface area contributed by atoms with Gasteiger partial charge in [0.1, 0.15) is 0 Å². The van der Waals surface area contributed by atoms with Crippen LogP contribution in [0.3, 0.4) is 0 Å². The van der Waals surface area contributed by atoms with Gasteiger partial charge < -0.3 is 10.6 Å². The van der Waals surface area contributed by atoms with Gasteiger partial charge in [0.15, 0.2) is 0 Å². The molecule has 0 bridgehead atoms. The van der Waals surface area contributed by atoms with Crippen molar-refractivity contribution < 1.29 is 9.59 Å². The monoisotopic (exact) mass is 447 g/mol. The summed E-state index contributed by atoms with van der Waals surface area (Å²) in [7, 11) is 1.72. The third-order valence-corrected chi connectivity index (χ3v) is 5.93. The van der Waals surface area contributed by atoms with Crippen molar-refractivity contribution >= 4 is 40.7 Å². The molecule has 2 aromatic carbocycles. The third kappa shape index (κ3) is 5.97. The number of nitrogens with one attached hydrogen (secondary N) is 2. The Labute approximate surface area is 187 Å². The lowest BCUT2D eigenvalue weighted by atomic mass is 9.89. The average Bonchev–Trinajstić information content (AvgIpc) is 2.70. The molecule has 0 saturated carbocycles. The summed E-state index contributed by atoms with van der Waals surface area (Å²) in [6.45, 7) is 2.13. The lowest BCUT2D eigenvalue weighted by Gasteiger charge is -2.21. The molecule has 1 aliphatic rings. The number of carbonyl (C=O) groups is 2. The molecule has 5 nitrogen and oxygen atoms in total. The zero-order chi connectivity index (χ0) is 21.7. The maximum atomic E-state index is 12.4. The lowest BCUT2D eigenvalue weighted by Crippen LogP contribution is -2.39. The van der Waals surface area contributed by atoms with Crippen LogP contribution >= 0.6 is 23.2 Å². The Hall–Kier alpha value is -2.08. The number of para-hydroxylation sites is 1. The Kier molecular flexibility index (Phi) is 7.75. The van der Waals surface area contributed by atoms with Crippen LogP contribution in [-0.2, 0) is 22.4 Å². The first-order valence-electron chi connectivity index (χ1n) is 10.2. The molecule has 2 aromatic rings. The van der Waals surface area contributed by atoms with Gasteiger partial charge in [0.05, 0.1) is 34.9 Å². The number of rotatable bonds is 7. The molecule has 0 aromatic heterocycles. The Morgan fingerprint density at radius 1 is 1.00 bits per heavy atom. The topological polar surface area (TPSA) is 61.4 Å². The zero-order valence-electron chi connectivity index (χ0n) is 17.3. The summed E-state index contributed by atoms with van der Waals surface area (Å²) in [5.41, 5.74) is 4.31. The number of hydrogen-bond acceptors (Lipinski definition) is 3. The first-order chi connectivity index (χ1) is 14.3. The molecule has 0 saturated heterocycles. The van der Waals surface area contributed by atoms with Crippen LogP contribution in [0, 0.1) is 0 Å². The molecule has 2 N–H and O–H groups in total. The number of carbonyl (C=O) groups excluding carboxylic acids is 2. The van der Waals surface area contributed by atoms with Gasteiger partial charge in [-0.1, -0.05) is 47.5 Å². The Bertz CT molecular complexity index is 912. The van der Waals surface area contributed by atoms with Crippen molar-refractivity contribution in [3.05, 3.63) is 63.1 Å². The summed E-state index contributed by atoms with van der Waals surface area (Å²) >= 11 is 12.2. The summed E-state index contributed by atoms with van der Waals surface area (Å²) in [5, 5.41) is 6.46. The van der Waals surface area contributed by atoms with Gasteiger partial charge in [0.25, 0.3) is 0 Å². The molecular formula is C23H27Cl2N3O2. The van der Waals surface area contributed by atoms with Crippen LogP contribution in [0.2, 0.25) is 10.0 Å². The fourth-order valence-corrected chi connectivity index (χ4v) is 4.23. The van der Waals surface area contributed by atoms with E-state index in [9.17, 15) is 9.59 Å². The Morgan fingerprint density at radius 3 is 2.33 bits per heavy atom. The summed E-state index contributed by atoms with van der Waals surface area (Å²) in [4.78, 5) is 26.4. The lowest BCUT2D eigenvalue weighted by molar-refractivity contribution is -0.123. The average molecular weight is 448 g/mol. The number of hydrogen-bond donors (Lipinski definition) is 2. The van der Waals surface area contributed by atoms with Crippen LogP contribution in [0.25, 0.3) is 0 Å². The first-order valence-corrected chi connectivity index (χ1v) is 10.9. The van der Waals surface area contributed by atoms with Crippen LogP contribution in [0.5, 0.6) is 0 Å². The van der Waals surface area contributed by atoms with Crippen molar-refractivity contribution in [2.45, 2.75) is 38.6 Å². The van der Waals surface area contributed by atoms with Crippen molar-refractivity contribution in [1.82, 2.24) is 10.2 Å². The maximum Gasteiger partial charge on any atom is 0.238 e. The number of fused-ring (bicyclic) bond motifs is 1. The highest BCUT2D eigenvalue weighted by Gasteiger charge is 2.17. The fraction of sp³-hybridized carbons (Fsp3) is 0.391. The summed E-state index contributed by atoms with van der Waals surface area (Å²) < 4.78 is 0. The number of nitrogens with zero attached hydrogens (tertiary/aromatic N) is 1. The second-order valence-electron chi connectivity index (χ2n) is 7.84. The van der Waals surface area contributed by atoms with E-state index in [0.29, 0.717) is 15.7 Å². The van der Waals surface area contributed by atoms with Gasteiger partial charge in [-0.3, -0.25) is 14.5 Å². The molecule has 0 spiro atoms. The van der Waals surface area contributed by atoms with Gasteiger partial charge in [-0.15, -0.1) is 0 Å². The number of halogens is 2. The molecule has 1 atom stereocenters. The molecule has 2 amide bonds. The van der Waals surface area contributed by atoms with Crippen molar-refractivity contribution in [1.29, 1.82) is 0 Å². The molecule has 7 heteroatoms. The molecule has 0 radical (unpaired) electrons. The second-order valence-corrected chi connectivity index (χ2v) is 8.66. The van der Waals surface area contributed by atoms with Gasteiger partial charge in [-0.2, -0.15) is 0 Å². The molecule has 0 aliphatic heterocycles. The summed E-state index contributed by atoms with van der Waals surface area (Å²) in [6.07, 6.45) is 4.73. The van der Waals surface area contributed by atoms with Gasteiger partial charge in [-0.05, 0) is 68.5 Å². The van der Waals surface area contributed by atoms with E-state index in [1.807, 2.05) is 6.92 Å². The van der Waals surface area contributed by atoms with E-state index < -0.39 is 0 Å². The molecule has 30 heavy (non-hydrogen) atoms. The summed E-state index contributed by atoms with van der Waals surface area (Å²) in [5.74, 6) is -0.422. The standard InChI is InChI=1S/C23H27Cl2N3O2/c1-15(17-11-10-16-6-3-4-7-18(16)12-17)26-21(29)13-28(2)14-22(30)27-23-19(24)8-5-9-20(23)25/h5,8-12,15H,3-4,6-7,13-14H2,1-2H3,(H,26,29)(H,27,30). The minimum absolute atomic E-state index is 0.0438. The minimum Gasteiger partial charge on any atom is -0.348 e. The van der Waals surface area contributed by atoms with Gasteiger partial charge in [0, 0.05) is 0 Å². The molecule has 1 aliphatic carbocycles. The highest BCUT2D eigenvalue weighted by molar-refractivity contribution is 6.39. The van der Waals surface area contributed by atoms with E-state index >= 15 is 0 Å². The van der Waals surface area contributed by atoms with Crippen LogP contribution in [0.4, 0.5) is 5.69 Å². The van der Waals surface area contributed by atoms with E-state index in [4.69, 9.17) is 23.2 Å². The largest absolute Gasteiger partial charge is 0.348 e. The van der Waals surface area contributed by atoms with Crippen molar-refractivity contribution in [2.24, 2.45) is 0 Å². The normalized spacial score (nSPS) is 14.2. The Morgan fingerprint density at radius 2 is 1.63 bits per heavy atom. The predicted molar refractivity (Wildman–Crippen MR) is 122 cm³/mol. The number of aryl methyl sites for hydroxylation is 2. The van der Waals surface area contributed by atoms with Gasteiger partial charge in [-0.25, -0.2) is 0 Å². The van der Waals surface area contributed by atoms with E-state index in [0.717, 1.165) is 18.4 Å². The fourth-order valence-electron chi connectivity index (χ4n) is 3.74. The number of amides is 2. The van der Waals surface area contributed by atoms with E-state index in [1.165, 1.54) is 24.0 Å². The van der Waals surface area contributed by atoms with E-state index in [2.05, 4.69) is 28.8 Å². The van der Waals surface area contributed by atoms with E-state index in [-0.39, 0.29) is 30.9 Å². The zero-order valence-corrected chi connectivity index (χ0v) is 18.8.